The van der Waals surface area contributed by atoms with Crippen molar-refractivity contribution in [1.82, 2.24) is 4.90 Å². The van der Waals surface area contributed by atoms with Crippen LogP contribution in [0.4, 0.5) is 13.6 Å². The van der Waals surface area contributed by atoms with Gasteiger partial charge in [0.05, 0.1) is 13.7 Å². The predicted octanol–water partition coefficient (Wildman–Crippen LogP) is 3.90. The lowest BCUT2D eigenvalue weighted by Gasteiger charge is -2.35. The number of alkyl halides is 1. The molecule has 6 heteroatoms. The molecule has 1 saturated heterocycles. The van der Waals surface area contributed by atoms with E-state index in [2.05, 4.69) is 0 Å². The molecule has 23 heavy (non-hydrogen) atoms. The van der Waals surface area contributed by atoms with Crippen molar-refractivity contribution in [2.45, 2.75) is 44.9 Å². The lowest BCUT2D eigenvalue weighted by molar-refractivity contribution is 0.0111. The zero-order chi connectivity index (χ0) is 17.2. The SMILES string of the molecule is COc1ccc([C@H]2CCN(C(=O)OC(C)(C)C)C[C@@H]2F)cc1F. The minimum Gasteiger partial charge on any atom is -0.494 e. The van der Waals surface area contributed by atoms with E-state index >= 15 is 0 Å². The van der Waals surface area contributed by atoms with Crippen LogP contribution in [-0.4, -0.2) is 43.0 Å². The number of nitrogens with zero attached hydrogens (tertiary/aromatic N) is 1. The van der Waals surface area contributed by atoms with E-state index in [1.54, 1.807) is 26.8 Å². The smallest absolute Gasteiger partial charge is 0.410 e. The van der Waals surface area contributed by atoms with E-state index in [1.165, 1.54) is 24.1 Å². The zero-order valence-corrected chi connectivity index (χ0v) is 13.9. The summed E-state index contributed by atoms with van der Waals surface area (Å²) in [4.78, 5) is 13.4. The zero-order valence-electron chi connectivity index (χ0n) is 13.9. The molecule has 0 spiro atoms. The Hall–Kier alpha value is -1.85. The molecule has 0 unspecified atom stereocenters. The lowest BCUT2D eigenvalue weighted by atomic mass is 9.88. The first kappa shape index (κ1) is 17.5. The second-order valence-corrected chi connectivity index (χ2v) is 6.73. The van der Waals surface area contributed by atoms with E-state index in [4.69, 9.17) is 9.47 Å². The van der Waals surface area contributed by atoms with Gasteiger partial charge < -0.3 is 14.4 Å². The second kappa shape index (κ2) is 6.72. The monoisotopic (exact) mass is 327 g/mol. The molecular weight excluding hydrogens is 304 g/mol. The minimum absolute atomic E-state index is 0.0484. The van der Waals surface area contributed by atoms with Crippen molar-refractivity contribution in [3.8, 4) is 5.75 Å². The largest absolute Gasteiger partial charge is 0.494 e. The van der Waals surface area contributed by atoms with Crippen molar-refractivity contribution < 1.29 is 23.0 Å². The molecule has 2 atom stereocenters. The fourth-order valence-corrected chi connectivity index (χ4v) is 2.69. The number of carbonyl (C=O) groups is 1. The highest BCUT2D eigenvalue weighted by Gasteiger charge is 2.34. The Kier molecular flexibility index (Phi) is 5.12. The maximum absolute atomic E-state index is 14.5. The number of rotatable bonds is 2. The molecule has 0 aromatic heterocycles. The summed E-state index contributed by atoms with van der Waals surface area (Å²) < 4.78 is 38.4. The Balaban J connectivity index is 2.04. The second-order valence-electron chi connectivity index (χ2n) is 6.73. The molecule has 0 N–H and O–H groups in total. The van der Waals surface area contributed by atoms with Gasteiger partial charge in [0.25, 0.3) is 0 Å². The van der Waals surface area contributed by atoms with E-state index in [0.29, 0.717) is 18.5 Å². The Labute approximate surface area is 135 Å². The molecule has 1 aliphatic rings. The molecule has 0 radical (unpaired) electrons. The van der Waals surface area contributed by atoms with Crippen molar-refractivity contribution in [1.29, 1.82) is 0 Å². The minimum atomic E-state index is -1.26. The van der Waals surface area contributed by atoms with Crippen LogP contribution < -0.4 is 4.74 Å². The van der Waals surface area contributed by atoms with Gasteiger partial charge in [-0.3, -0.25) is 0 Å². The summed E-state index contributed by atoms with van der Waals surface area (Å²) in [7, 11) is 1.38. The van der Waals surface area contributed by atoms with Crippen LogP contribution in [0.25, 0.3) is 0 Å². The number of methoxy groups -OCH3 is 1. The molecule has 1 aromatic carbocycles. The van der Waals surface area contributed by atoms with Crippen LogP contribution in [0.1, 0.15) is 38.7 Å². The van der Waals surface area contributed by atoms with Crippen LogP contribution >= 0.6 is 0 Å². The highest BCUT2D eigenvalue weighted by molar-refractivity contribution is 5.68. The summed E-state index contributed by atoms with van der Waals surface area (Å²) in [5.41, 5.74) is -0.0292. The van der Waals surface area contributed by atoms with Crippen molar-refractivity contribution in [2.24, 2.45) is 0 Å². The van der Waals surface area contributed by atoms with Gasteiger partial charge in [-0.1, -0.05) is 6.07 Å². The number of ether oxygens (including phenoxy) is 2. The van der Waals surface area contributed by atoms with Gasteiger partial charge in [0.1, 0.15) is 11.8 Å². The lowest BCUT2D eigenvalue weighted by Crippen LogP contribution is -2.46. The normalized spacial score (nSPS) is 21.9. The van der Waals surface area contributed by atoms with Crippen LogP contribution in [-0.2, 0) is 4.74 Å². The van der Waals surface area contributed by atoms with Crippen LogP contribution in [0.15, 0.2) is 18.2 Å². The van der Waals surface area contributed by atoms with Gasteiger partial charge in [0.2, 0.25) is 0 Å². The van der Waals surface area contributed by atoms with Crippen LogP contribution in [0.5, 0.6) is 5.75 Å². The van der Waals surface area contributed by atoms with E-state index in [0.717, 1.165) is 0 Å². The maximum Gasteiger partial charge on any atom is 0.410 e. The molecule has 4 nitrogen and oxygen atoms in total. The van der Waals surface area contributed by atoms with Crippen LogP contribution in [0.2, 0.25) is 0 Å². The standard InChI is InChI=1S/C17H23F2NO3/c1-17(2,3)23-16(21)20-8-7-12(14(19)10-20)11-5-6-15(22-4)13(18)9-11/h5-6,9,12,14H,7-8,10H2,1-4H3/t12-,14+/m1/s1. The van der Waals surface area contributed by atoms with Gasteiger partial charge in [0, 0.05) is 12.5 Å². The third kappa shape index (κ3) is 4.33. The summed E-state index contributed by atoms with van der Waals surface area (Å²) >= 11 is 0. The number of benzene rings is 1. The quantitative estimate of drug-likeness (QED) is 0.827. The molecule has 1 fully saturated rings. The molecular formula is C17H23F2NO3. The Morgan fingerprint density at radius 2 is 2.04 bits per heavy atom. The van der Waals surface area contributed by atoms with E-state index in [1.807, 2.05) is 0 Å². The van der Waals surface area contributed by atoms with Gasteiger partial charge in [-0.15, -0.1) is 0 Å². The topological polar surface area (TPSA) is 38.8 Å². The third-order valence-electron chi connectivity index (χ3n) is 3.80. The summed E-state index contributed by atoms with van der Waals surface area (Å²) in [6, 6.07) is 4.47. The Morgan fingerprint density at radius 3 is 2.57 bits per heavy atom. The summed E-state index contributed by atoms with van der Waals surface area (Å²) in [5, 5.41) is 0. The molecule has 0 saturated carbocycles. The van der Waals surface area contributed by atoms with Gasteiger partial charge in [0.15, 0.2) is 11.6 Å². The summed E-state index contributed by atoms with van der Waals surface area (Å²) in [6.07, 6.45) is -1.35. The highest BCUT2D eigenvalue weighted by atomic mass is 19.1. The average Bonchev–Trinajstić information content (AvgIpc) is 2.45. The number of piperidine rings is 1. The number of hydrogen-bond donors (Lipinski definition) is 0. The molecule has 1 aliphatic heterocycles. The summed E-state index contributed by atoms with van der Waals surface area (Å²) in [6.45, 7) is 5.64. The van der Waals surface area contributed by atoms with Crippen molar-refractivity contribution in [2.75, 3.05) is 20.2 Å². The molecule has 0 bridgehead atoms. The Bertz CT molecular complexity index is 571. The molecule has 0 aliphatic carbocycles. The van der Waals surface area contributed by atoms with E-state index < -0.39 is 29.6 Å². The van der Waals surface area contributed by atoms with Gasteiger partial charge in [-0.05, 0) is 44.9 Å². The van der Waals surface area contributed by atoms with Gasteiger partial charge >= 0.3 is 6.09 Å². The van der Waals surface area contributed by atoms with Crippen LogP contribution in [0.3, 0.4) is 0 Å². The first-order valence-corrected chi connectivity index (χ1v) is 7.66. The third-order valence-corrected chi connectivity index (χ3v) is 3.80. The van der Waals surface area contributed by atoms with Crippen LogP contribution in [0, 0.1) is 5.82 Å². The first-order chi connectivity index (χ1) is 10.7. The van der Waals surface area contributed by atoms with Crippen molar-refractivity contribution in [3.63, 3.8) is 0 Å². The first-order valence-electron chi connectivity index (χ1n) is 7.66. The molecule has 2 rings (SSSR count). The predicted molar refractivity (Wildman–Crippen MR) is 83.0 cm³/mol. The molecule has 1 aromatic rings. The fourth-order valence-electron chi connectivity index (χ4n) is 2.69. The number of halogens is 2. The van der Waals surface area contributed by atoms with Crippen molar-refractivity contribution in [3.05, 3.63) is 29.6 Å². The van der Waals surface area contributed by atoms with E-state index in [-0.39, 0.29) is 12.3 Å². The van der Waals surface area contributed by atoms with Gasteiger partial charge in [-0.25, -0.2) is 13.6 Å². The molecule has 1 heterocycles. The van der Waals surface area contributed by atoms with Gasteiger partial charge in [-0.2, -0.15) is 0 Å². The molecule has 128 valence electrons. The number of hydrogen-bond acceptors (Lipinski definition) is 3. The average molecular weight is 327 g/mol. The summed E-state index contributed by atoms with van der Waals surface area (Å²) in [5.74, 6) is -0.809. The number of carbonyl (C=O) groups excluding carboxylic acids is 1. The number of likely N-dealkylation sites (tertiary alicyclic amines) is 1. The fraction of sp³-hybridized carbons (Fsp3) is 0.588. The molecule has 1 amide bonds. The maximum atomic E-state index is 14.5. The van der Waals surface area contributed by atoms with Crippen molar-refractivity contribution >= 4 is 6.09 Å². The highest BCUT2D eigenvalue weighted by Crippen LogP contribution is 2.33. The van der Waals surface area contributed by atoms with E-state index in [9.17, 15) is 13.6 Å². The Morgan fingerprint density at radius 1 is 1.35 bits per heavy atom. The number of amides is 1.